The first kappa shape index (κ1) is 12.4. The van der Waals surface area contributed by atoms with Crippen LogP contribution in [0.2, 0.25) is 0 Å². The van der Waals surface area contributed by atoms with Crippen molar-refractivity contribution < 1.29 is 14.3 Å². The molecule has 1 unspecified atom stereocenters. The lowest BCUT2D eigenvalue weighted by atomic mass is 10.1. The molecule has 0 saturated carbocycles. The van der Waals surface area contributed by atoms with Crippen molar-refractivity contribution in [2.45, 2.75) is 13.0 Å². The first-order valence-electron chi connectivity index (χ1n) is 6.10. The number of H-pyrrole nitrogens is 1. The standard InChI is InChI=1S/C14H12FN3O2/c1-8(9-5-16-17-6-9)18-7-10(14(19)20)13-11(15)3-2-4-12(13)18/h2-8H,1H3,(H,16,17)(H,19,20). The molecule has 0 saturated heterocycles. The van der Waals surface area contributed by atoms with Crippen molar-refractivity contribution in [3.05, 3.63) is 53.7 Å². The first-order chi connectivity index (χ1) is 9.59. The fraction of sp³-hybridized carbons (Fsp3) is 0.143. The predicted octanol–water partition coefficient (Wildman–Crippen LogP) is 2.81. The summed E-state index contributed by atoms with van der Waals surface area (Å²) in [6, 6.07) is 4.40. The molecule has 0 aliphatic heterocycles. The molecule has 3 rings (SSSR count). The molecule has 1 aromatic carbocycles. The van der Waals surface area contributed by atoms with Crippen LogP contribution < -0.4 is 0 Å². The molecule has 0 amide bonds. The van der Waals surface area contributed by atoms with E-state index < -0.39 is 11.8 Å². The number of carboxylic acid groups (broad SMARTS) is 1. The number of benzene rings is 1. The van der Waals surface area contributed by atoms with Crippen LogP contribution >= 0.6 is 0 Å². The lowest BCUT2D eigenvalue weighted by Crippen LogP contribution is -2.04. The summed E-state index contributed by atoms with van der Waals surface area (Å²) in [4.78, 5) is 11.3. The van der Waals surface area contributed by atoms with Crippen LogP contribution in [-0.4, -0.2) is 25.8 Å². The van der Waals surface area contributed by atoms with E-state index in [1.165, 1.54) is 12.3 Å². The summed E-state index contributed by atoms with van der Waals surface area (Å²) in [5.41, 5.74) is 1.41. The molecule has 2 N–H and O–H groups in total. The van der Waals surface area contributed by atoms with Crippen LogP contribution in [0.15, 0.2) is 36.8 Å². The number of aromatic carboxylic acids is 1. The minimum Gasteiger partial charge on any atom is -0.478 e. The Morgan fingerprint density at radius 3 is 2.95 bits per heavy atom. The van der Waals surface area contributed by atoms with Gasteiger partial charge in [0, 0.05) is 23.3 Å². The number of nitrogens with one attached hydrogen (secondary N) is 1. The van der Waals surface area contributed by atoms with E-state index in [0.29, 0.717) is 5.52 Å². The van der Waals surface area contributed by atoms with Gasteiger partial charge in [-0.1, -0.05) is 6.07 Å². The molecule has 0 radical (unpaired) electrons. The Labute approximate surface area is 113 Å². The van der Waals surface area contributed by atoms with Crippen molar-refractivity contribution in [3.63, 3.8) is 0 Å². The highest BCUT2D eigenvalue weighted by Gasteiger charge is 2.20. The van der Waals surface area contributed by atoms with E-state index >= 15 is 0 Å². The second-order valence-electron chi connectivity index (χ2n) is 4.60. The van der Waals surface area contributed by atoms with Crippen LogP contribution in [0.3, 0.4) is 0 Å². The van der Waals surface area contributed by atoms with E-state index in [0.717, 1.165) is 5.56 Å². The molecule has 3 aromatic rings. The topological polar surface area (TPSA) is 70.9 Å². The van der Waals surface area contributed by atoms with Crippen LogP contribution in [0.1, 0.15) is 28.9 Å². The highest BCUT2D eigenvalue weighted by molar-refractivity contribution is 6.03. The van der Waals surface area contributed by atoms with Gasteiger partial charge in [0.1, 0.15) is 5.82 Å². The predicted molar refractivity (Wildman–Crippen MR) is 71.3 cm³/mol. The highest BCUT2D eigenvalue weighted by Crippen LogP contribution is 2.29. The zero-order chi connectivity index (χ0) is 14.3. The van der Waals surface area contributed by atoms with Gasteiger partial charge in [-0.15, -0.1) is 0 Å². The number of fused-ring (bicyclic) bond motifs is 1. The largest absolute Gasteiger partial charge is 0.478 e. The van der Waals surface area contributed by atoms with E-state index in [-0.39, 0.29) is 17.0 Å². The van der Waals surface area contributed by atoms with Crippen molar-refractivity contribution >= 4 is 16.9 Å². The molecule has 0 aliphatic carbocycles. The quantitative estimate of drug-likeness (QED) is 0.770. The van der Waals surface area contributed by atoms with Crippen LogP contribution in [-0.2, 0) is 0 Å². The molecule has 2 aromatic heterocycles. The summed E-state index contributed by atoms with van der Waals surface area (Å²) >= 11 is 0. The second kappa shape index (κ2) is 4.48. The Balaban J connectivity index is 2.27. The van der Waals surface area contributed by atoms with Crippen molar-refractivity contribution in [1.29, 1.82) is 0 Å². The van der Waals surface area contributed by atoms with Crippen LogP contribution in [0.5, 0.6) is 0 Å². The van der Waals surface area contributed by atoms with E-state index in [1.807, 2.05) is 6.92 Å². The summed E-state index contributed by atoms with van der Waals surface area (Å²) in [5.74, 6) is -1.67. The fourth-order valence-electron chi connectivity index (χ4n) is 2.40. The number of nitrogens with zero attached hydrogens (tertiary/aromatic N) is 2. The normalized spacial score (nSPS) is 12.7. The SMILES string of the molecule is CC(c1cn[nH]c1)n1cc(C(=O)O)c2c(F)cccc21. The van der Waals surface area contributed by atoms with Gasteiger partial charge in [0.05, 0.1) is 23.3 Å². The minimum atomic E-state index is -1.14. The number of rotatable bonds is 3. The van der Waals surface area contributed by atoms with Gasteiger partial charge in [0.2, 0.25) is 0 Å². The van der Waals surface area contributed by atoms with Crippen LogP contribution in [0, 0.1) is 5.82 Å². The number of hydrogen-bond acceptors (Lipinski definition) is 2. The number of aromatic amines is 1. The summed E-state index contributed by atoms with van der Waals surface area (Å²) < 4.78 is 15.7. The average Bonchev–Trinajstić information content (AvgIpc) is 3.06. The Kier molecular flexibility index (Phi) is 2.78. The van der Waals surface area contributed by atoms with Crippen LogP contribution in [0.25, 0.3) is 10.9 Å². The monoisotopic (exact) mass is 273 g/mol. The zero-order valence-corrected chi connectivity index (χ0v) is 10.7. The summed E-state index contributed by atoms with van der Waals surface area (Å²) in [6.07, 6.45) is 4.86. The van der Waals surface area contributed by atoms with E-state index in [2.05, 4.69) is 10.2 Å². The third kappa shape index (κ3) is 1.77. The highest BCUT2D eigenvalue weighted by atomic mass is 19.1. The maximum atomic E-state index is 13.9. The summed E-state index contributed by atoms with van der Waals surface area (Å²) in [5, 5.41) is 16.0. The molecule has 0 bridgehead atoms. The third-order valence-electron chi connectivity index (χ3n) is 3.46. The van der Waals surface area contributed by atoms with Gasteiger partial charge in [-0.2, -0.15) is 5.10 Å². The van der Waals surface area contributed by atoms with E-state index in [9.17, 15) is 14.3 Å². The van der Waals surface area contributed by atoms with Gasteiger partial charge in [-0.05, 0) is 19.1 Å². The molecule has 0 spiro atoms. The van der Waals surface area contributed by atoms with Crippen molar-refractivity contribution in [2.24, 2.45) is 0 Å². The number of halogens is 1. The fourth-order valence-corrected chi connectivity index (χ4v) is 2.40. The van der Waals surface area contributed by atoms with E-state index in [4.69, 9.17) is 0 Å². The van der Waals surface area contributed by atoms with Gasteiger partial charge in [0.15, 0.2) is 0 Å². The molecule has 1 atom stereocenters. The minimum absolute atomic E-state index is 0.0338. The van der Waals surface area contributed by atoms with Gasteiger partial charge < -0.3 is 9.67 Å². The maximum absolute atomic E-state index is 13.9. The molecule has 5 nitrogen and oxygen atoms in total. The molecule has 102 valence electrons. The Morgan fingerprint density at radius 2 is 2.30 bits per heavy atom. The lowest BCUT2D eigenvalue weighted by molar-refractivity contribution is 0.0698. The molecule has 2 heterocycles. The average molecular weight is 273 g/mol. The number of carbonyl (C=O) groups is 1. The van der Waals surface area contributed by atoms with Crippen molar-refractivity contribution in [3.8, 4) is 0 Å². The van der Waals surface area contributed by atoms with Crippen molar-refractivity contribution in [2.75, 3.05) is 0 Å². The third-order valence-corrected chi connectivity index (χ3v) is 3.46. The maximum Gasteiger partial charge on any atom is 0.337 e. The Morgan fingerprint density at radius 1 is 1.50 bits per heavy atom. The van der Waals surface area contributed by atoms with E-state index in [1.54, 1.807) is 29.1 Å². The molecule has 0 aliphatic rings. The first-order valence-corrected chi connectivity index (χ1v) is 6.10. The summed E-state index contributed by atoms with van der Waals surface area (Å²) in [6.45, 7) is 1.90. The second-order valence-corrected chi connectivity index (χ2v) is 4.60. The zero-order valence-electron chi connectivity index (χ0n) is 10.7. The molecular formula is C14H12FN3O2. The van der Waals surface area contributed by atoms with Gasteiger partial charge >= 0.3 is 5.97 Å². The van der Waals surface area contributed by atoms with Crippen molar-refractivity contribution in [1.82, 2.24) is 14.8 Å². The molecule has 6 heteroatoms. The Hall–Kier alpha value is -2.63. The number of hydrogen-bond donors (Lipinski definition) is 2. The van der Waals surface area contributed by atoms with Gasteiger partial charge in [-0.25, -0.2) is 9.18 Å². The molecule has 20 heavy (non-hydrogen) atoms. The number of carboxylic acids is 1. The van der Waals surface area contributed by atoms with Gasteiger partial charge in [0.25, 0.3) is 0 Å². The van der Waals surface area contributed by atoms with Gasteiger partial charge in [-0.3, -0.25) is 5.10 Å². The Bertz CT molecular complexity index is 777. The summed E-state index contributed by atoms with van der Waals surface area (Å²) in [7, 11) is 0. The smallest absolute Gasteiger partial charge is 0.337 e. The number of aromatic nitrogens is 3. The lowest BCUT2D eigenvalue weighted by Gasteiger charge is -2.13. The van der Waals surface area contributed by atoms with Crippen LogP contribution in [0.4, 0.5) is 4.39 Å². The molecule has 0 fully saturated rings. The molecular weight excluding hydrogens is 261 g/mol.